The number of thiazole rings is 1. The normalized spacial score (nSPS) is 10.3. The molecular weight excluding hydrogens is 362 g/mol. The lowest BCUT2D eigenvalue weighted by Gasteiger charge is -2.06. The molecule has 0 atom stereocenters. The van der Waals surface area contributed by atoms with E-state index in [1.54, 1.807) is 46.6 Å². The van der Waals surface area contributed by atoms with Crippen LogP contribution in [0.5, 0.6) is 0 Å². The van der Waals surface area contributed by atoms with Gasteiger partial charge in [0.2, 0.25) is 0 Å². The van der Waals surface area contributed by atoms with E-state index in [0.29, 0.717) is 33.6 Å². The minimum Gasteiger partial charge on any atom is -0.296 e. The van der Waals surface area contributed by atoms with Crippen molar-refractivity contribution in [2.24, 2.45) is 0 Å². The number of hydrogen-bond acceptors (Lipinski definition) is 7. The summed E-state index contributed by atoms with van der Waals surface area (Å²) in [5.74, 6) is 0.246. The number of anilines is 1. The molecule has 1 N–H and O–H groups in total. The van der Waals surface area contributed by atoms with Crippen molar-refractivity contribution >= 4 is 22.4 Å². The van der Waals surface area contributed by atoms with Crippen molar-refractivity contribution in [1.82, 2.24) is 24.5 Å². The lowest BCUT2D eigenvalue weighted by molar-refractivity contribution is 0.102. The Morgan fingerprint density at radius 2 is 2.11 bits per heavy atom. The van der Waals surface area contributed by atoms with E-state index < -0.39 is 0 Å². The van der Waals surface area contributed by atoms with Crippen LogP contribution >= 0.6 is 11.3 Å². The number of carbonyl (C=O) groups is 1. The number of amides is 1. The van der Waals surface area contributed by atoms with Crippen molar-refractivity contribution in [1.29, 1.82) is 5.26 Å². The quantitative estimate of drug-likeness (QED) is 0.589. The van der Waals surface area contributed by atoms with Crippen LogP contribution in [0.15, 0.2) is 60.6 Å². The lowest BCUT2D eigenvalue weighted by atomic mass is 10.2. The molecule has 0 aliphatic carbocycles. The van der Waals surface area contributed by atoms with Gasteiger partial charge < -0.3 is 0 Å². The molecule has 4 aromatic heterocycles. The van der Waals surface area contributed by atoms with Gasteiger partial charge in [-0.1, -0.05) is 6.07 Å². The first-order valence-electron chi connectivity index (χ1n) is 7.82. The van der Waals surface area contributed by atoms with Crippen LogP contribution < -0.4 is 5.32 Å². The molecule has 0 aromatic carbocycles. The lowest BCUT2D eigenvalue weighted by Crippen LogP contribution is -2.16. The Labute approximate surface area is 157 Å². The molecule has 4 rings (SSSR count). The second kappa shape index (κ2) is 7.15. The molecule has 4 aromatic rings. The zero-order valence-corrected chi connectivity index (χ0v) is 14.6. The van der Waals surface area contributed by atoms with E-state index in [1.165, 1.54) is 23.9 Å². The van der Waals surface area contributed by atoms with Gasteiger partial charge in [-0.3, -0.25) is 19.7 Å². The minimum atomic E-state index is -0.349. The number of nitrogens with one attached hydrogen (secondary N) is 1. The second-order valence-corrected chi connectivity index (χ2v) is 6.23. The molecule has 0 fully saturated rings. The van der Waals surface area contributed by atoms with E-state index in [4.69, 9.17) is 5.26 Å². The minimum absolute atomic E-state index is 0.343. The number of hydrogen-bond donors (Lipinski definition) is 1. The summed E-state index contributed by atoms with van der Waals surface area (Å²) in [7, 11) is 0. The molecule has 0 spiro atoms. The molecule has 0 bridgehead atoms. The Balaban J connectivity index is 1.56. The maximum Gasteiger partial charge on any atom is 0.276 e. The summed E-state index contributed by atoms with van der Waals surface area (Å²) in [6.07, 6.45) is 6.20. The third kappa shape index (κ3) is 3.42. The molecule has 8 nitrogen and oxygen atoms in total. The number of carbonyl (C=O) groups excluding carboxylic acids is 1. The summed E-state index contributed by atoms with van der Waals surface area (Å²) in [6, 6.07) is 10.8. The number of nitrogens with zero attached hydrogens (tertiary/aromatic N) is 6. The van der Waals surface area contributed by atoms with Gasteiger partial charge in [-0.25, -0.2) is 15.0 Å². The summed E-state index contributed by atoms with van der Waals surface area (Å²) >= 11 is 1.27. The standard InChI is InChI=1S/C18H11N7OS/c19-8-12-4-6-21-13(7-12)14-10-27-18(23-14)24-17(26)15-9-20-11-25(15)16-3-1-2-5-22-16/h1-7,9-11H,(H,23,24,26). The fourth-order valence-electron chi connectivity index (χ4n) is 2.39. The van der Waals surface area contributed by atoms with Gasteiger partial charge in [0.05, 0.1) is 23.5 Å². The van der Waals surface area contributed by atoms with Crippen LogP contribution in [0.4, 0.5) is 5.13 Å². The van der Waals surface area contributed by atoms with Crippen LogP contribution in [0, 0.1) is 11.3 Å². The van der Waals surface area contributed by atoms with Crippen LogP contribution in [0.1, 0.15) is 16.1 Å². The highest BCUT2D eigenvalue weighted by atomic mass is 32.1. The first kappa shape index (κ1) is 16.6. The summed E-state index contributed by atoms with van der Waals surface area (Å²) in [5.41, 5.74) is 2.00. The van der Waals surface area contributed by atoms with Gasteiger partial charge in [0.25, 0.3) is 5.91 Å². The summed E-state index contributed by atoms with van der Waals surface area (Å²) in [6.45, 7) is 0. The molecule has 0 saturated carbocycles. The maximum absolute atomic E-state index is 12.6. The molecule has 130 valence electrons. The van der Waals surface area contributed by atoms with Crippen LogP contribution in [-0.4, -0.2) is 30.4 Å². The summed E-state index contributed by atoms with van der Waals surface area (Å²) < 4.78 is 1.60. The number of pyridine rings is 2. The van der Waals surface area contributed by atoms with Crippen molar-refractivity contribution in [2.75, 3.05) is 5.32 Å². The third-order valence-electron chi connectivity index (χ3n) is 3.64. The molecule has 0 saturated heterocycles. The fraction of sp³-hybridized carbons (Fsp3) is 0. The molecular formula is C18H11N7OS. The molecule has 9 heteroatoms. The van der Waals surface area contributed by atoms with Crippen molar-refractivity contribution in [3.05, 3.63) is 71.9 Å². The molecule has 0 aliphatic heterocycles. The zero-order valence-electron chi connectivity index (χ0n) is 13.8. The van der Waals surface area contributed by atoms with Gasteiger partial charge in [0, 0.05) is 17.8 Å². The molecule has 0 aliphatic rings. The third-order valence-corrected chi connectivity index (χ3v) is 4.40. The monoisotopic (exact) mass is 373 g/mol. The molecule has 0 radical (unpaired) electrons. The van der Waals surface area contributed by atoms with Crippen molar-refractivity contribution in [2.45, 2.75) is 0 Å². The highest BCUT2D eigenvalue weighted by Gasteiger charge is 2.16. The van der Waals surface area contributed by atoms with Crippen molar-refractivity contribution in [3.8, 4) is 23.3 Å². The van der Waals surface area contributed by atoms with E-state index in [9.17, 15) is 4.79 Å². The van der Waals surface area contributed by atoms with E-state index >= 15 is 0 Å². The number of imidazole rings is 1. The SMILES string of the molecule is N#Cc1ccnc(-c2csc(NC(=O)c3cncn3-c3ccccn3)n2)c1. The Morgan fingerprint density at radius 1 is 1.19 bits per heavy atom. The molecule has 27 heavy (non-hydrogen) atoms. The van der Waals surface area contributed by atoms with Crippen molar-refractivity contribution < 1.29 is 4.79 Å². The van der Waals surface area contributed by atoms with Gasteiger partial charge in [-0.05, 0) is 24.3 Å². The average molecular weight is 373 g/mol. The number of rotatable bonds is 4. The van der Waals surface area contributed by atoms with E-state index in [1.807, 2.05) is 6.07 Å². The maximum atomic E-state index is 12.6. The van der Waals surface area contributed by atoms with E-state index in [-0.39, 0.29) is 5.91 Å². The van der Waals surface area contributed by atoms with Gasteiger partial charge in [-0.2, -0.15) is 5.26 Å². The smallest absolute Gasteiger partial charge is 0.276 e. The zero-order chi connectivity index (χ0) is 18.6. The van der Waals surface area contributed by atoms with Crippen LogP contribution in [-0.2, 0) is 0 Å². The van der Waals surface area contributed by atoms with E-state index in [0.717, 1.165) is 0 Å². The first-order chi connectivity index (χ1) is 13.2. The Morgan fingerprint density at radius 3 is 2.93 bits per heavy atom. The second-order valence-electron chi connectivity index (χ2n) is 5.37. The van der Waals surface area contributed by atoms with Gasteiger partial charge in [0.1, 0.15) is 23.5 Å². The molecule has 4 heterocycles. The van der Waals surface area contributed by atoms with Crippen LogP contribution in [0.3, 0.4) is 0 Å². The average Bonchev–Trinajstić information content (AvgIpc) is 3.38. The molecule has 0 unspecified atom stereocenters. The predicted molar refractivity (Wildman–Crippen MR) is 99.4 cm³/mol. The number of aromatic nitrogens is 5. The van der Waals surface area contributed by atoms with Gasteiger partial charge >= 0.3 is 0 Å². The van der Waals surface area contributed by atoms with Crippen LogP contribution in [0.2, 0.25) is 0 Å². The summed E-state index contributed by atoms with van der Waals surface area (Å²) in [5, 5.41) is 14.0. The number of nitriles is 1. The van der Waals surface area contributed by atoms with Crippen molar-refractivity contribution in [3.63, 3.8) is 0 Å². The Hall–Kier alpha value is -3.90. The largest absolute Gasteiger partial charge is 0.296 e. The van der Waals surface area contributed by atoms with Gasteiger partial charge in [-0.15, -0.1) is 11.3 Å². The highest BCUT2D eigenvalue weighted by molar-refractivity contribution is 7.14. The predicted octanol–water partition coefficient (Wildman–Crippen LogP) is 2.91. The Bertz CT molecular complexity index is 1140. The fourth-order valence-corrected chi connectivity index (χ4v) is 3.09. The first-order valence-corrected chi connectivity index (χ1v) is 8.70. The topological polar surface area (TPSA) is 109 Å². The van der Waals surface area contributed by atoms with Crippen LogP contribution in [0.25, 0.3) is 17.2 Å². The molecule has 1 amide bonds. The summed E-state index contributed by atoms with van der Waals surface area (Å²) in [4.78, 5) is 29.5. The Kier molecular flexibility index (Phi) is 4.38. The highest BCUT2D eigenvalue weighted by Crippen LogP contribution is 2.24. The van der Waals surface area contributed by atoms with Gasteiger partial charge in [0.15, 0.2) is 5.13 Å². The van der Waals surface area contributed by atoms with E-state index in [2.05, 4.69) is 31.3 Å².